The van der Waals surface area contributed by atoms with Crippen molar-refractivity contribution < 1.29 is 14.6 Å². The SMILES string of the molecule is C#CC1(O)CCCC1C(=O)OC. The van der Waals surface area contributed by atoms with E-state index in [9.17, 15) is 9.90 Å². The van der Waals surface area contributed by atoms with E-state index < -0.39 is 17.5 Å². The van der Waals surface area contributed by atoms with E-state index in [1.54, 1.807) is 0 Å². The molecular formula is C9H12O3. The van der Waals surface area contributed by atoms with Crippen LogP contribution in [0, 0.1) is 18.3 Å². The second-order valence-corrected chi connectivity index (χ2v) is 3.04. The van der Waals surface area contributed by atoms with E-state index >= 15 is 0 Å². The lowest BCUT2D eigenvalue weighted by Gasteiger charge is -2.21. The highest BCUT2D eigenvalue weighted by atomic mass is 16.5. The Bertz CT molecular complexity index is 228. The van der Waals surface area contributed by atoms with Crippen LogP contribution in [0.5, 0.6) is 0 Å². The van der Waals surface area contributed by atoms with Gasteiger partial charge in [0.05, 0.1) is 13.0 Å². The maximum Gasteiger partial charge on any atom is 0.312 e. The first-order valence-electron chi connectivity index (χ1n) is 3.92. The molecule has 0 bridgehead atoms. The largest absolute Gasteiger partial charge is 0.469 e. The van der Waals surface area contributed by atoms with Crippen LogP contribution >= 0.6 is 0 Å². The van der Waals surface area contributed by atoms with Gasteiger partial charge < -0.3 is 9.84 Å². The van der Waals surface area contributed by atoms with E-state index in [0.717, 1.165) is 6.42 Å². The molecule has 0 aromatic rings. The van der Waals surface area contributed by atoms with Gasteiger partial charge in [-0.2, -0.15) is 0 Å². The number of aliphatic hydroxyl groups is 1. The summed E-state index contributed by atoms with van der Waals surface area (Å²) in [5.74, 6) is 1.32. The van der Waals surface area contributed by atoms with Crippen molar-refractivity contribution in [1.29, 1.82) is 0 Å². The number of hydrogen-bond donors (Lipinski definition) is 1. The molecule has 66 valence electrons. The Kier molecular flexibility index (Phi) is 2.39. The van der Waals surface area contributed by atoms with Crippen LogP contribution in [0.15, 0.2) is 0 Å². The lowest BCUT2D eigenvalue weighted by atomic mass is 9.92. The van der Waals surface area contributed by atoms with Crippen LogP contribution < -0.4 is 0 Å². The van der Waals surface area contributed by atoms with Crippen molar-refractivity contribution in [2.75, 3.05) is 7.11 Å². The van der Waals surface area contributed by atoms with Crippen molar-refractivity contribution in [3.63, 3.8) is 0 Å². The summed E-state index contributed by atoms with van der Waals surface area (Å²) in [5, 5.41) is 9.72. The summed E-state index contributed by atoms with van der Waals surface area (Å²) in [6.45, 7) is 0. The number of hydrogen-bond acceptors (Lipinski definition) is 3. The van der Waals surface area contributed by atoms with Crippen molar-refractivity contribution >= 4 is 5.97 Å². The Balaban J connectivity index is 2.78. The molecule has 0 aliphatic heterocycles. The smallest absolute Gasteiger partial charge is 0.312 e. The van der Waals surface area contributed by atoms with Gasteiger partial charge in [0.1, 0.15) is 5.60 Å². The molecule has 0 amide bonds. The summed E-state index contributed by atoms with van der Waals surface area (Å²) in [4.78, 5) is 11.1. The van der Waals surface area contributed by atoms with Crippen molar-refractivity contribution in [1.82, 2.24) is 0 Å². The fraction of sp³-hybridized carbons (Fsp3) is 0.667. The van der Waals surface area contributed by atoms with E-state index in [0.29, 0.717) is 12.8 Å². The fourth-order valence-corrected chi connectivity index (χ4v) is 1.62. The van der Waals surface area contributed by atoms with Gasteiger partial charge >= 0.3 is 5.97 Å². The Morgan fingerprint density at radius 2 is 2.50 bits per heavy atom. The number of rotatable bonds is 1. The van der Waals surface area contributed by atoms with Gasteiger partial charge in [0, 0.05) is 0 Å². The minimum atomic E-state index is -1.27. The van der Waals surface area contributed by atoms with Gasteiger partial charge in [-0.05, 0) is 19.3 Å². The lowest BCUT2D eigenvalue weighted by Crippen LogP contribution is -2.36. The molecule has 1 aliphatic rings. The fourth-order valence-electron chi connectivity index (χ4n) is 1.62. The molecule has 1 aliphatic carbocycles. The average molecular weight is 168 g/mol. The maximum absolute atomic E-state index is 11.1. The highest BCUT2D eigenvalue weighted by Gasteiger charge is 2.44. The summed E-state index contributed by atoms with van der Waals surface area (Å²) in [6, 6.07) is 0. The van der Waals surface area contributed by atoms with E-state index in [4.69, 9.17) is 6.42 Å². The number of carbonyl (C=O) groups excluding carboxylic acids is 1. The third-order valence-corrected chi connectivity index (χ3v) is 2.36. The second kappa shape index (κ2) is 3.16. The molecule has 1 fully saturated rings. The van der Waals surface area contributed by atoms with Gasteiger partial charge in [0.25, 0.3) is 0 Å². The Labute approximate surface area is 71.7 Å². The highest BCUT2D eigenvalue weighted by molar-refractivity contribution is 5.75. The second-order valence-electron chi connectivity index (χ2n) is 3.04. The van der Waals surface area contributed by atoms with Crippen LogP contribution in [0.3, 0.4) is 0 Å². The predicted octanol–water partition coefficient (Wildman–Crippen LogP) is 0.324. The van der Waals surface area contributed by atoms with E-state index in [-0.39, 0.29) is 0 Å². The van der Waals surface area contributed by atoms with Crippen LogP contribution in [-0.2, 0) is 9.53 Å². The van der Waals surface area contributed by atoms with Crippen molar-refractivity contribution in [3.05, 3.63) is 0 Å². The molecule has 1 saturated carbocycles. The number of carbonyl (C=O) groups is 1. The number of ether oxygens (including phenoxy) is 1. The number of esters is 1. The third kappa shape index (κ3) is 1.30. The third-order valence-electron chi connectivity index (χ3n) is 2.36. The first-order valence-corrected chi connectivity index (χ1v) is 3.92. The molecule has 3 heteroatoms. The standard InChI is InChI=1S/C9H12O3/c1-3-9(11)6-4-5-7(9)8(10)12-2/h1,7,11H,4-6H2,2H3. The van der Waals surface area contributed by atoms with Crippen LogP contribution in [0.1, 0.15) is 19.3 Å². The van der Waals surface area contributed by atoms with E-state index in [2.05, 4.69) is 10.7 Å². The topological polar surface area (TPSA) is 46.5 Å². The van der Waals surface area contributed by atoms with E-state index in [1.807, 2.05) is 0 Å². The van der Waals surface area contributed by atoms with Gasteiger partial charge in [-0.15, -0.1) is 6.42 Å². The predicted molar refractivity (Wildman–Crippen MR) is 43.1 cm³/mol. The van der Waals surface area contributed by atoms with Gasteiger partial charge in [0.15, 0.2) is 0 Å². The molecule has 0 radical (unpaired) electrons. The molecular weight excluding hydrogens is 156 g/mol. The van der Waals surface area contributed by atoms with E-state index in [1.165, 1.54) is 7.11 Å². The molecule has 3 nitrogen and oxygen atoms in total. The van der Waals surface area contributed by atoms with Crippen LogP contribution in [0.4, 0.5) is 0 Å². The Hall–Kier alpha value is -1.01. The molecule has 0 saturated heterocycles. The first kappa shape index (κ1) is 9.08. The quantitative estimate of drug-likeness (QED) is 0.453. The minimum Gasteiger partial charge on any atom is -0.469 e. The summed E-state index contributed by atoms with van der Waals surface area (Å²) >= 11 is 0. The summed E-state index contributed by atoms with van der Waals surface area (Å²) < 4.78 is 4.54. The monoisotopic (exact) mass is 168 g/mol. The van der Waals surface area contributed by atoms with Crippen LogP contribution in [0.2, 0.25) is 0 Å². The molecule has 2 unspecified atom stereocenters. The minimum absolute atomic E-state index is 0.409. The number of methoxy groups -OCH3 is 1. The molecule has 0 heterocycles. The number of terminal acetylenes is 1. The molecule has 0 aromatic carbocycles. The first-order chi connectivity index (χ1) is 5.64. The van der Waals surface area contributed by atoms with Crippen molar-refractivity contribution in [2.45, 2.75) is 24.9 Å². The van der Waals surface area contributed by atoms with Crippen LogP contribution in [-0.4, -0.2) is 23.8 Å². The molecule has 12 heavy (non-hydrogen) atoms. The van der Waals surface area contributed by atoms with Gasteiger partial charge in [0.2, 0.25) is 0 Å². The lowest BCUT2D eigenvalue weighted by molar-refractivity contribution is -0.150. The molecule has 2 atom stereocenters. The molecule has 0 aromatic heterocycles. The van der Waals surface area contributed by atoms with Crippen molar-refractivity contribution in [3.8, 4) is 12.3 Å². The zero-order valence-corrected chi connectivity index (χ0v) is 7.04. The van der Waals surface area contributed by atoms with Gasteiger partial charge in [-0.1, -0.05) is 5.92 Å². The molecule has 1 rings (SSSR count). The zero-order valence-electron chi connectivity index (χ0n) is 7.04. The average Bonchev–Trinajstić information content (AvgIpc) is 2.47. The Morgan fingerprint density at radius 3 is 3.00 bits per heavy atom. The van der Waals surface area contributed by atoms with Gasteiger partial charge in [-0.3, -0.25) is 4.79 Å². The molecule has 0 spiro atoms. The maximum atomic E-state index is 11.1. The van der Waals surface area contributed by atoms with Crippen molar-refractivity contribution in [2.24, 2.45) is 5.92 Å². The Morgan fingerprint density at radius 1 is 1.83 bits per heavy atom. The van der Waals surface area contributed by atoms with Crippen LogP contribution in [0.25, 0.3) is 0 Å². The summed E-state index contributed by atoms with van der Waals surface area (Å²) in [6.07, 6.45) is 7.03. The summed E-state index contributed by atoms with van der Waals surface area (Å²) in [5.41, 5.74) is -1.27. The highest BCUT2D eigenvalue weighted by Crippen LogP contribution is 2.35. The van der Waals surface area contributed by atoms with Gasteiger partial charge in [-0.25, -0.2) is 0 Å². The summed E-state index contributed by atoms with van der Waals surface area (Å²) in [7, 11) is 1.30. The molecule has 1 N–H and O–H groups in total. The zero-order chi connectivity index (χ0) is 9.19. The normalized spacial score (nSPS) is 34.2.